The number of anilines is 1. The molecule has 1 aliphatic heterocycles. The molecule has 1 fully saturated rings. The van der Waals surface area contributed by atoms with Gasteiger partial charge in [-0.15, -0.1) is 12.4 Å². The van der Waals surface area contributed by atoms with Crippen molar-refractivity contribution in [2.75, 3.05) is 44.3 Å². The first kappa shape index (κ1) is 22.6. The fourth-order valence-electron chi connectivity index (χ4n) is 3.27. The number of hydrogen-bond acceptors (Lipinski definition) is 5. The van der Waals surface area contributed by atoms with Gasteiger partial charge in [0, 0.05) is 26.2 Å². The lowest BCUT2D eigenvalue weighted by Gasteiger charge is -2.29. The van der Waals surface area contributed by atoms with Gasteiger partial charge in [-0.25, -0.2) is 13.8 Å². The topological polar surface area (TPSA) is 45.7 Å². The van der Waals surface area contributed by atoms with Crippen molar-refractivity contribution in [1.82, 2.24) is 9.88 Å². The van der Waals surface area contributed by atoms with E-state index >= 15 is 0 Å². The first-order valence-electron chi connectivity index (χ1n) is 9.49. The fourth-order valence-corrected chi connectivity index (χ4v) is 4.30. The molecule has 1 aliphatic rings. The summed E-state index contributed by atoms with van der Waals surface area (Å²) in [6.07, 6.45) is 0.147. The third kappa shape index (κ3) is 5.51. The first-order chi connectivity index (χ1) is 14.1. The Balaban J connectivity index is 0.00000256. The minimum absolute atomic E-state index is 0. The van der Waals surface area contributed by atoms with Gasteiger partial charge in [0.1, 0.15) is 11.6 Å². The number of carbonyl (C=O) groups is 1. The van der Waals surface area contributed by atoms with Gasteiger partial charge in [0.05, 0.1) is 29.9 Å². The first-order valence-corrected chi connectivity index (χ1v) is 10.3. The highest BCUT2D eigenvalue weighted by atomic mass is 35.5. The van der Waals surface area contributed by atoms with Crippen LogP contribution in [0.15, 0.2) is 42.5 Å². The van der Waals surface area contributed by atoms with E-state index in [4.69, 9.17) is 4.74 Å². The Morgan fingerprint density at radius 1 is 1.10 bits per heavy atom. The van der Waals surface area contributed by atoms with Crippen molar-refractivity contribution in [3.63, 3.8) is 0 Å². The van der Waals surface area contributed by atoms with Gasteiger partial charge < -0.3 is 4.74 Å². The van der Waals surface area contributed by atoms with Crippen LogP contribution in [0.3, 0.4) is 0 Å². The second-order valence-corrected chi connectivity index (χ2v) is 7.92. The molecular weight excluding hydrogens is 432 g/mol. The van der Waals surface area contributed by atoms with Crippen LogP contribution >= 0.6 is 23.7 Å². The molecule has 1 amide bonds. The molecule has 0 aliphatic carbocycles. The van der Waals surface area contributed by atoms with E-state index in [1.165, 1.54) is 35.6 Å². The molecule has 0 radical (unpaired) electrons. The highest BCUT2D eigenvalue weighted by Gasteiger charge is 2.22. The summed E-state index contributed by atoms with van der Waals surface area (Å²) in [5.74, 6) is -0.784. The molecule has 30 heavy (non-hydrogen) atoms. The van der Waals surface area contributed by atoms with Gasteiger partial charge in [0.15, 0.2) is 5.13 Å². The lowest BCUT2D eigenvalue weighted by molar-refractivity contribution is -0.118. The van der Waals surface area contributed by atoms with Crippen LogP contribution in [-0.4, -0.2) is 55.2 Å². The zero-order valence-electron chi connectivity index (χ0n) is 16.2. The highest BCUT2D eigenvalue weighted by molar-refractivity contribution is 7.22. The van der Waals surface area contributed by atoms with E-state index in [2.05, 4.69) is 9.88 Å². The van der Waals surface area contributed by atoms with E-state index in [-0.39, 0.29) is 36.4 Å². The van der Waals surface area contributed by atoms with Gasteiger partial charge in [-0.2, -0.15) is 0 Å². The molecule has 2 heterocycles. The highest BCUT2D eigenvalue weighted by Crippen LogP contribution is 2.30. The van der Waals surface area contributed by atoms with Gasteiger partial charge >= 0.3 is 0 Å². The van der Waals surface area contributed by atoms with Crippen LogP contribution in [0, 0.1) is 11.6 Å². The molecular formula is C21H22ClF2N3O2S. The molecule has 4 rings (SSSR count). The standard InChI is InChI=1S/C21H21F2N3O2S.ClH/c22-16-3-1-15(2-4-16)13-20(27)26(8-7-25-9-11-28-12-10-25)21-24-18-6-5-17(23)14-19(18)29-21;/h1-6,14H,7-13H2;1H. The number of hydrogen-bond donors (Lipinski definition) is 0. The number of carbonyl (C=O) groups excluding carboxylic acids is 1. The number of morpholine rings is 1. The summed E-state index contributed by atoms with van der Waals surface area (Å²) >= 11 is 1.30. The molecule has 0 unspecified atom stereocenters. The van der Waals surface area contributed by atoms with Crippen LogP contribution < -0.4 is 4.90 Å². The molecule has 0 spiro atoms. The van der Waals surface area contributed by atoms with Gasteiger partial charge in [0.25, 0.3) is 0 Å². The predicted molar refractivity (Wildman–Crippen MR) is 117 cm³/mol. The maximum atomic E-state index is 13.6. The Bertz CT molecular complexity index is 994. The Labute approximate surface area is 183 Å². The number of rotatable bonds is 6. The molecule has 1 aromatic heterocycles. The largest absolute Gasteiger partial charge is 0.379 e. The van der Waals surface area contributed by atoms with E-state index < -0.39 is 0 Å². The third-order valence-corrected chi connectivity index (χ3v) is 5.92. The molecule has 5 nitrogen and oxygen atoms in total. The summed E-state index contributed by atoms with van der Waals surface area (Å²) in [6, 6.07) is 10.3. The van der Waals surface area contributed by atoms with Gasteiger partial charge in [0.2, 0.25) is 5.91 Å². The smallest absolute Gasteiger partial charge is 0.233 e. The maximum Gasteiger partial charge on any atom is 0.233 e. The number of ether oxygens (including phenoxy) is 1. The monoisotopic (exact) mass is 453 g/mol. The molecule has 2 aromatic carbocycles. The molecule has 9 heteroatoms. The molecule has 0 atom stereocenters. The minimum Gasteiger partial charge on any atom is -0.379 e. The lowest BCUT2D eigenvalue weighted by Crippen LogP contribution is -2.43. The van der Waals surface area contributed by atoms with Crippen LogP contribution in [0.4, 0.5) is 13.9 Å². The molecule has 160 valence electrons. The van der Waals surface area contributed by atoms with Gasteiger partial charge in [-0.3, -0.25) is 14.6 Å². The molecule has 0 N–H and O–H groups in total. The summed E-state index contributed by atoms with van der Waals surface area (Å²) in [6.45, 7) is 4.19. The van der Waals surface area contributed by atoms with Crippen LogP contribution in [-0.2, 0) is 16.0 Å². The number of thiazole rings is 1. The van der Waals surface area contributed by atoms with Crippen molar-refractivity contribution in [2.45, 2.75) is 6.42 Å². The summed E-state index contributed by atoms with van der Waals surface area (Å²) in [5.41, 5.74) is 1.40. The summed E-state index contributed by atoms with van der Waals surface area (Å²) in [5, 5.41) is 0.547. The van der Waals surface area contributed by atoms with Crippen molar-refractivity contribution in [1.29, 1.82) is 0 Å². The number of nitrogens with zero attached hydrogens (tertiary/aromatic N) is 3. The second-order valence-electron chi connectivity index (χ2n) is 6.91. The van der Waals surface area contributed by atoms with Gasteiger partial charge in [-0.1, -0.05) is 23.5 Å². The number of fused-ring (bicyclic) bond motifs is 1. The Morgan fingerprint density at radius 2 is 1.80 bits per heavy atom. The lowest BCUT2D eigenvalue weighted by atomic mass is 10.1. The van der Waals surface area contributed by atoms with E-state index in [0.717, 1.165) is 18.7 Å². The van der Waals surface area contributed by atoms with E-state index in [1.807, 2.05) is 0 Å². The van der Waals surface area contributed by atoms with E-state index in [9.17, 15) is 13.6 Å². The zero-order chi connectivity index (χ0) is 20.2. The predicted octanol–water partition coefficient (Wildman–Crippen LogP) is 3.90. The van der Waals surface area contributed by atoms with E-state index in [0.29, 0.717) is 41.7 Å². The number of benzene rings is 2. The summed E-state index contributed by atoms with van der Waals surface area (Å²) < 4.78 is 32.8. The van der Waals surface area contributed by atoms with Crippen molar-refractivity contribution in [2.24, 2.45) is 0 Å². The SMILES string of the molecule is Cl.O=C(Cc1ccc(F)cc1)N(CCN1CCOCC1)c1nc2ccc(F)cc2s1. The van der Waals surface area contributed by atoms with Gasteiger partial charge in [-0.05, 0) is 35.9 Å². The summed E-state index contributed by atoms with van der Waals surface area (Å²) in [7, 11) is 0. The Kier molecular flexibility index (Phi) is 7.71. The average Bonchev–Trinajstić information content (AvgIpc) is 3.13. The minimum atomic E-state index is -0.335. The van der Waals surface area contributed by atoms with Crippen LogP contribution in [0.2, 0.25) is 0 Å². The average molecular weight is 454 g/mol. The van der Waals surface area contributed by atoms with Crippen molar-refractivity contribution in [3.8, 4) is 0 Å². The van der Waals surface area contributed by atoms with Crippen molar-refractivity contribution >= 4 is 45.0 Å². The van der Waals surface area contributed by atoms with E-state index in [1.54, 1.807) is 23.1 Å². The third-order valence-electron chi connectivity index (χ3n) is 4.88. The van der Waals surface area contributed by atoms with Crippen molar-refractivity contribution < 1.29 is 18.3 Å². The van der Waals surface area contributed by atoms with Crippen molar-refractivity contribution in [3.05, 3.63) is 59.7 Å². The number of aromatic nitrogens is 1. The maximum absolute atomic E-state index is 13.6. The van der Waals surface area contributed by atoms with Crippen LogP contribution in [0.25, 0.3) is 10.2 Å². The molecule has 0 saturated carbocycles. The number of amides is 1. The molecule has 3 aromatic rings. The fraction of sp³-hybridized carbons (Fsp3) is 0.333. The zero-order valence-corrected chi connectivity index (χ0v) is 17.9. The summed E-state index contributed by atoms with van der Waals surface area (Å²) in [4.78, 5) is 21.5. The second kappa shape index (κ2) is 10.3. The Morgan fingerprint density at radius 3 is 2.53 bits per heavy atom. The van der Waals surface area contributed by atoms with Crippen LogP contribution in [0.5, 0.6) is 0 Å². The normalized spacial score (nSPS) is 14.5. The quantitative estimate of drug-likeness (QED) is 0.568. The molecule has 1 saturated heterocycles. The number of halogens is 3. The van der Waals surface area contributed by atoms with Crippen LogP contribution in [0.1, 0.15) is 5.56 Å². The Hall–Kier alpha value is -2.13. The molecule has 0 bridgehead atoms.